The third kappa shape index (κ3) is 2.63. The van der Waals surface area contributed by atoms with E-state index in [1.807, 2.05) is 0 Å². The van der Waals surface area contributed by atoms with Gasteiger partial charge in [0.1, 0.15) is 5.15 Å². The van der Waals surface area contributed by atoms with Gasteiger partial charge >= 0.3 is 0 Å². The first-order valence-corrected chi connectivity index (χ1v) is 5.77. The Morgan fingerprint density at radius 2 is 1.88 bits per heavy atom. The lowest BCUT2D eigenvalue weighted by Gasteiger charge is -2.06. The number of hydrogen-bond acceptors (Lipinski definition) is 3. The van der Waals surface area contributed by atoms with E-state index in [0.717, 1.165) is 5.56 Å². The largest absolute Gasteiger partial charge is 0.481 e. The van der Waals surface area contributed by atoms with Crippen LogP contribution in [0.4, 0.5) is 0 Å². The molecule has 3 nitrogen and oxygen atoms in total. The Labute approximate surface area is 113 Å². The minimum absolute atomic E-state index is 0.210. The summed E-state index contributed by atoms with van der Waals surface area (Å²) < 4.78 is 5.03. The molecule has 0 fully saturated rings. The monoisotopic (exact) mass is 288 g/mol. The van der Waals surface area contributed by atoms with E-state index in [4.69, 9.17) is 39.5 Å². The zero-order valence-corrected chi connectivity index (χ0v) is 11.0. The summed E-state index contributed by atoms with van der Waals surface area (Å²) in [6, 6.07) is 5.04. The highest BCUT2D eigenvalue weighted by molar-refractivity contribution is 6.42. The van der Waals surface area contributed by atoms with Crippen LogP contribution in [0.5, 0.6) is 5.88 Å². The molecule has 0 unspecified atom stereocenters. The van der Waals surface area contributed by atoms with Gasteiger partial charge in [0.25, 0.3) is 0 Å². The summed E-state index contributed by atoms with van der Waals surface area (Å²) in [5.74, 6) is 0.478. The van der Waals surface area contributed by atoms with Crippen LogP contribution in [0, 0.1) is 0 Å². The summed E-state index contributed by atoms with van der Waals surface area (Å²) >= 11 is 17.7. The number of methoxy groups -OCH3 is 1. The zero-order chi connectivity index (χ0) is 12.4. The van der Waals surface area contributed by atoms with Crippen LogP contribution in [0.25, 0.3) is 11.3 Å². The van der Waals surface area contributed by atoms with Gasteiger partial charge in [0, 0.05) is 17.8 Å². The van der Waals surface area contributed by atoms with E-state index in [9.17, 15) is 0 Å². The second kappa shape index (κ2) is 5.08. The van der Waals surface area contributed by atoms with Crippen molar-refractivity contribution in [2.75, 3.05) is 7.11 Å². The second-order valence-corrected chi connectivity index (χ2v) is 4.35. The van der Waals surface area contributed by atoms with Crippen molar-refractivity contribution in [1.29, 1.82) is 0 Å². The SMILES string of the molecule is COc1cc(-c2nc(Cl)c(Cl)cc2Cl)ccn1. The molecule has 0 N–H and O–H groups in total. The number of hydrogen-bond donors (Lipinski definition) is 0. The molecular weight excluding hydrogens is 282 g/mol. The maximum absolute atomic E-state index is 6.06. The van der Waals surface area contributed by atoms with E-state index in [0.29, 0.717) is 21.6 Å². The van der Waals surface area contributed by atoms with Crippen molar-refractivity contribution in [3.8, 4) is 17.1 Å². The molecule has 0 saturated heterocycles. The van der Waals surface area contributed by atoms with Crippen molar-refractivity contribution >= 4 is 34.8 Å². The van der Waals surface area contributed by atoms with Gasteiger partial charge < -0.3 is 4.74 Å². The maximum atomic E-state index is 6.06. The van der Waals surface area contributed by atoms with Crippen molar-refractivity contribution in [3.05, 3.63) is 39.6 Å². The number of pyridine rings is 2. The zero-order valence-electron chi connectivity index (χ0n) is 8.75. The van der Waals surface area contributed by atoms with E-state index >= 15 is 0 Å². The summed E-state index contributed by atoms with van der Waals surface area (Å²) in [7, 11) is 1.54. The molecule has 0 saturated carbocycles. The maximum Gasteiger partial charge on any atom is 0.213 e. The molecule has 2 aromatic heterocycles. The molecule has 0 bridgehead atoms. The molecule has 0 aliphatic heterocycles. The van der Waals surface area contributed by atoms with Crippen molar-refractivity contribution in [2.45, 2.75) is 0 Å². The van der Waals surface area contributed by atoms with Gasteiger partial charge in [-0.15, -0.1) is 0 Å². The molecule has 2 aromatic rings. The molecule has 6 heteroatoms. The van der Waals surface area contributed by atoms with Crippen LogP contribution in [0.15, 0.2) is 24.4 Å². The average Bonchev–Trinajstić information content (AvgIpc) is 2.34. The third-order valence-electron chi connectivity index (χ3n) is 2.10. The van der Waals surface area contributed by atoms with Crippen molar-refractivity contribution in [2.24, 2.45) is 0 Å². The first-order chi connectivity index (χ1) is 8.11. The van der Waals surface area contributed by atoms with Gasteiger partial charge in [-0.1, -0.05) is 34.8 Å². The van der Waals surface area contributed by atoms with Crippen LogP contribution in [0.1, 0.15) is 0 Å². The second-order valence-electron chi connectivity index (χ2n) is 3.18. The predicted molar refractivity (Wildman–Crippen MR) is 69.1 cm³/mol. The molecule has 0 aliphatic rings. The Kier molecular flexibility index (Phi) is 3.72. The first kappa shape index (κ1) is 12.4. The van der Waals surface area contributed by atoms with E-state index in [-0.39, 0.29) is 5.15 Å². The van der Waals surface area contributed by atoms with Gasteiger partial charge in [0.2, 0.25) is 5.88 Å². The Morgan fingerprint density at radius 1 is 1.12 bits per heavy atom. The lowest BCUT2D eigenvalue weighted by molar-refractivity contribution is 0.398. The number of rotatable bonds is 2. The lowest BCUT2D eigenvalue weighted by atomic mass is 10.2. The molecule has 0 aliphatic carbocycles. The van der Waals surface area contributed by atoms with Crippen LogP contribution in [-0.4, -0.2) is 17.1 Å². The standard InChI is InChI=1S/C11H7Cl3N2O/c1-17-9-4-6(2-3-15-9)10-7(12)5-8(13)11(14)16-10/h2-5H,1H3. The lowest BCUT2D eigenvalue weighted by Crippen LogP contribution is -1.91. The Morgan fingerprint density at radius 3 is 2.59 bits per heavy atom. The summed E-state index contributed by atoms with van der Waals surface area (Å²) in [4.78, 5) is 8.14. The van der Waals surface area contributed by atoms with E-state index in [1.54, 1.807) is 24.4 Å². The van der Waals surface area contributed by atoms with Crippen LogP contribution in [0.2, 0.25) is 15.2 Å². The minimum atomic E-state index is 0.210. The summed E-state index contributed by atoms with van der Waals surface area (Å²) in [5, 5.41) is 0.955. The minimum Gasteiger partial charge on any atom is -0.481 e. The summed E-state index contributed by atoms with van der Waals surface area (Å²) in [5.41, 5.74) is 1.31. The van der Waals surface area contributed by atoms with Crippen molar-refractivity contribution in [3.63, 3.8) is 0 Å². The van der Waals surface area contributed by atoms with Gasteiger partial charge in [-0.25, -0.2) is 9.97 Å². The summed E-state index contributed by atoms with van der Waals surface area (Å²) in [6.07, 6.45) is 1.61. The molecule has 0 atom stereocenters. The van der Waals surface area contributed by atoms with Crippen LogP contribution in [-0.2, 0) is 0 Å². The molecule has 2 rings (SSSR count). The topological polar surface area (TPSA) is 35.0 Å². The van der Waals surface area contributed by atoms with Crippen molar-refractivity contribution in [1.82, 2.24) is 9.97 Å². The fourth-order valence-electron chi connectivity index (χ4n) is 1.31. The highest BCUT2D eigenvalue weighted by atomic mass is 35.5. The number of aromatic nitrogens is 2. The van der Waals surface area contributed by atoms with Crippen molar-refractivity contribution < 1.29 is 4.74 Å². The molecule has 0 amide bonds. The van der Waals surface area contributed by atoms with Crippen LogP contribution >= 0.6 is 34.8 Å². The molecule has 0 spiro atoms. The predicted octanol–water partition coefficient (Wildman–Crippen LogP) is 4.11. The molecular formula is C11H7Cl3N2O. The normalized spacial score (nSPS) is 10.4. The van der Waals surface area contributed by atoms with E-state index in [1.165, 1.54) is 7.11 Å². The fourth-order valence-corrected chi connectivity index (χ4v) is 1.92. The highest BCUT2D eigenvalue weighted by Crippen LogP contribution is 2.32. The molecule has 0 aromatic carbocycles. The number of halogens is 3. The first-order valence-electron chi connectivity index (χ1n) is 4.64. The quantitative estimate of drug-likeness (QED) is 0.780. The van der Waals surface area contributed by atoms with E-state index in [2.05, 4.69) is 9.97 Å². The van der Waals surface area contributed by atoms with Gasteiger partial charge in [-0.3, -0.25) is 0 Å². The number of ether oxygens (including phenoxy) is 1. The van der Waals surface area contributed by atoms with Gasteiger partial charge in [0.05, 0.1) is 22.8 Å². The molecule has 0 radical (unpaired) electrons. The van der Waals surface area contributed by atoms with Crippen LogP contribution in [0.3, 0.4) is 0 Å². The third-order valence-corrected chi connectivity index (χ3v) is 3.07. The Hall–Kier alpha value is -1.03. The highest BCUT2D eigenvalue weighted by Gasteiger charge is 2.10. The fraction of sp³-hybridized carbons (Fsp3) is 0.0909. The molecule has 17 heavy (non-hydrogen) atoms. The molecule has 2 heterocycles. The van der Waals surface area contributed by atoms with Crippen LogP contribution < -0.4 is 4.74 Å². The van der Waals surface area contributed by atoms with E-state index < -0.39 is 0 Å². The summed E-state index contributed by atoms with van der Waals surface area (Å²) in [6.45, 7) is 0. The van der Waals surface area contributed by atoms with Gasteiger partial charge in [-0.2, -0.15) is 0 Å². The molecule has 88 valence electrons. The smallest absolute Gasteiger partial charge is 0.213 e. The average molecular weight is 290 g/mol. The number of nitrogens with zero attached hydrogens (tertiary/aromatic N) is 2. The Balaban J connectivity index is 2.56. The van der Waals surface area contributed by atoms with Gasteiger partial charge in [0.15, 0.2) is 0 Å². The van der Waals surface area contributed by atoms with Gasteiger partial charge in [-0.05, 0) is 12.1 Å². The Bertz CT molecular complexity index is 560.